The van der Waals surface area contributed by atoms with Crippen molar-refractivity contribution < 1.29 is 4.79 Å². The van der Waals surface area contributed by atoms with Gasteiger partial charge in [0.05, 0.1) is 4.91 Å². The summed E-state index contributed by atoms with van der Waals surface area (Å²) in [6.45, 7) is 2.47. The quantitative estimate of drug-likeness (QED) is 0.629. The monoisotopic (exact) mass is 346 g/mol. The third kappa shape index (κ3) is 3.18. The summed E-state index contributed by atoms with van der Waals surface area (Å²) in [5.74, 6) is -0.0440. The Hall–Kier alpha value is -2.05. The van der Waals surface area contributed by atoms with Gasteiger partial charge < -0.3 is 4.57 Å². The maximum Gasteiger partial charge on any atom is 0.266 e. The molecule has 1 fully saturated rings. The molecule has 118 valence electrons. The fourth-order valence-corrected chi connectivity index (χ4v) is 3.39. The van der Waals surface area contributed by atoms with Crippen molar-refractivity contribution in [2.24, 2.45) is 12.0 Å². The predicted molar refractivity (Wildman–Crippen MR) is 94.7 cm³/mol. The molecule has 0 aliphatic carbocycles. The number of amidine groups is 1. The minimum absolute atomic E-state index is 0.0440. The number of carbonyl (C=O) groups excluding carboxylic acids is 1. The smallest absolute Gasteiger partial charge is 0.266 e. The zero-order valence-electron chi connectivity index (χ0n) is 12.7. The molecule has 0 atom stereocenters. The SMILES string of the molecule is CCN1C(=O)/C(=C\c2cccn2C)SC1=Nc1cccnc1Cl. The molecule has 23 heavy (non-hydrogen) atoms. The number of aryl methyl sites for hydroxylation is 1. The minimum atomic E-state index is -0.0440. The zero-order chi connectivity index (χ0) is 16.4. The molecule has 3 heterocycles. The molecule has 5 nitrogen and oxygen atoms in total. The number of hydrogen-bond donors (Lipinski definition) is 0. The first-order valence-electron chi connectivity index (χ1n) is 7.12. The molecule has 0 spiro atoms. The molecular formula is C16H15ClN4OS. The summed E-state index contributed by atoms with van der Waals surface area (Å²) in [4.78, 5) is 23.4. The van der Waals surface area contributed by atoms with Crippen LogP contribution in [0.4, 0.5) is 5.69 Å². The van der Waals surface area contributed by atoms with Gasteiger partial charge in [0.2, 0.25) is 0 Å². The Kier molecular flexibility index (Phi) is 4.54. The van der Waals surface area contributed by atoms with Crippen molar-refractivity contribution in [1.82, 2.24) is 14.5 Å². The van der Waals surface area contributed by atoms with Gasteiger partial charge in [-0.25, -0.2) is 9.98 Å². The van der Waals surface area contributed by atoms with E-state index >= 15 is 0 Å². The fourth-order valence-electron chi connectivity index (χ4n) is 2.19. The van der Waals surface area contributed by atoms with Crippen molar-refractivity contribution in [2.75, 3.05) is 6.54 Å². The molecule has 1 amide bonds. The van der Waals surface area contributed by atoms with E-state index in [0.717, 1.165) is 5.69 Å². The fraction of sp³-hybridized carbons (Fsp3) is 0.188. The Labute approximate surface area is 143 Å². The van der Waals surface area contributed by atoms with Crippen LogP contribution in [0.15, 0.2) is 46.6 Å². The number of rotatable bonds is 3. The van der Waals surface area contributed by atoms with Gasteiger partial charge in [-0.05, 0) is 49.0 Å². The lowest BCUT2D eigenvalue weighted by molar-refractivity contribution is -0.122. The number of thioether (sulfide) groups is 1. The van der Waals surface area contributed by atoms with Gasteiger partial charge in [0.15, 0.2) is 10.3 Å². The van der Waals surface area contributed by atoms with Crippen LogP contribution in [0.25, 0.3) is 6.08 Å². The molecule has 0 aromatic carbocycles. The highest BCUT2D eigenvalue weighted by molar-refractivity contribution is 8.18. The van der Waals surface area contributed by atoms with Gasteiger partial charge in [-0.2, -0.15) is 0 Å². The van der Waals surface area contributed by atoms with E-state index in [0.29, 0.717) is 27.5 Å². The van der Waals surface area contributed by atoms with Gasteiger partial charge >= 0.3 is 0 Å². The van der Waals surface area contributed by atoms with E-state index < -0.39 is 0 Å². The molecule has 2 aromatic heterocycles. The van der Waals surface area contributed by atoms with Crippen molar-refractivity contribution in [2.45, 2.75) is 6.92 Å². The Morgan fingerprint density at radius 1 is 1.39 bits per heavy atom. The molecule has 0 bridgehead atoms. The maximum absolute atomic E-state index is 12.6. The third-order valence-electron chi connectivity index (χ3n) is 3.42. The minimum Gasteiger partial charge on any atom is -0.351 e. The molecule has 2 aromatic rings. The highest BCUT2D eigenvalue weighted by atomic mass is 35.5. The molecule has 1 aliphatic rings. The molecule has 7 heteroatoms. The Balaban J connectivity index is 1.97. The normalized spacial score (nSPS) is 18.4. The number of pyridine rings is 1. The van der Waals surface area contributed by atoms with E-state index in [1.165, 1.54) is 11.8 Å². The average molecular weight is 347 g/mol. The molecule has 0 radical (unpaired) electrons. The predicted octanol–water partition coefficient (Wildman–Crippen LogP) is 3.70. The zero-order valence-corrected chi connectivity index (χ0v) is 14.3. The first kappa shape index (κ1) is 15.8. The topological polar surface area (TPSA) is 50.5 Å². The summed E-state index contributed by atoms with van der Waals surface area (Å²) in [6, 6.07) is 7.45. The van der Waals surface area contributed by atoms with E-state index in [9.17, 15) is 4.79 Å². The van der Waals surface area contributed by atoms with Gasteiger partial charge in [-0.1, -0.05) is 11.6 Å². The molecular weight excluding hydrogens is 332 g/mol. The van der Waals surface area contributed by atoms with E-state index in [1.807, 2.05) is 42.9 Å². The number of halogens is 1. The number of likely N-dealkylation sites (N-methyl/N-ethyl adjacent to an activating group) is 1. The van der Waals surface area contributed by atoms with Gasteiger partial charge in [0, 0.05) is 31.7 Å². The van der Waals surface area contributed by atoms with Crippen LogP contribution in [0.5, 0.6) is 0 Å². The Bertz CT molecular complexity index is 812. The van der Waals surface area contributed by atoms with Crippen LogP contribution in [0.1, 0.15) is 12.6 Å². The van der Waals surface area contributed by atoms with Crippen molar-refractivity contribution >= 4 is 46.2 Å². The lowest BCUT2D eigenvalue weighted by atomic mass is 10.3. The van der Waals surface area contributed by atoms with Gasteiger partial charge in [-0.15, -0.1) is 0 Å². The van der Waals surface area contributed by atoms with Crippen molar-refractivity contribution in [1.29, 1.82) is 0 Å². The second kappa shape index (κ2) is 6.60. The van der Waals surface area contributed by atoms with E-state index in [1.54, 1.807) is 23.2 Å². The highest BCUT2D eigenvalue weighted by Gasteiger charge is 2.32. The lowest BCUT2D eigenvalue weighted by Gasteiger charge is -2.12. The number of carbonyl (C=O) groups is 1. The lowest BCUT2D eigenvalue weighted by Crippen LogP contribution is -2.28. The van der Waals surface area contributed by atoms with E-state index in [4.69, 9.17) is 11.6 Å². The number of aromatic nitrogens is 2. The Morgan fingerprint density at radius 2 is 2.22 bits per heavy atom. The average Bonchev–Trinajstić information content (AvgIpc) is 3.06. The third-order valence-corrected chi connectivity index (χ3v) is 4.72. The van der Waals surface area contributed by atoms with Gasteiger partial charge in [0.1, 0.15) is 5.69 Å². The molecule has 1 aliphatic heterocycles. The first-order valence-corrected chi connectivity index (χ1v) is 8.31. The largest absolute Gasteiger partial charge is 0.351 e. The standard InChI is InChI=1S/C16H15ClN4OS/c1-3-21-15(22)13(10-11-6-5-9-20(11)2)23-16(21)19-12-7-4-8-18-14(12)17/h4-10H,3H2,1-2H3/b13-10+,19-16?. The molecule has 0 N–H and O–H groups in total. The van der Waals surface area contributed by atoms with Gasteiger partial charge in [-0.3, -0.25) is 9.69 Å². The summed E-state index contributed by atoms with van der Waals surface area (Å²) >= 11 is 7.40. The van der Waals surface area contributed by atoms with Crippen molar-refractivity contribution in [3.63, 3.8) is 0 Å². The van der Waals surface area contributed by atoms with Crippen LogP contribution >= 0.6 is 23.4 Å². The molecule has 3 rings (SSSR count). The summed E-state index contributed by atoms with van der Waals surface area (Å²) in [6.07, 6.45) is 5.43. The molecule has 1 saturated heterocycles. The van der Waals surface area contributed by atoms with Crippen molar-refractivity contribution in [3.8, 4) is 0 Å². The highest BCUT2D eigenvalue weighted by Crippen LogP contribution is 2.35. The Morgan fingerprint density at radius 3 is 2.87 bits per heavy atom. The van der Waals surface area contributed by atoms with Gasteiger partial charge in [0.25, 0.3) is 5.91 Å². The second-order valence-electron chi connectivity index (χ2n) is 4.91. The van der Waals surface area contributed by atoms with Crippen LogP contribution in [0, 0.1) is 0 Å². The van der Waals surface area contributed by atoms with E-state index in [2.05, 4.69) is 9.98 Å². The first-order chi connectivity index (χ1) is 11.1. The summed E-state index contributed by atoms with van der Waals surface area (Å²) < 4.78 is 1.96. The van der Waals surface area contributed by atoms with Crippen LogP contribution in [-0.4, -0.2) is 32.1 Å². The van der Waals surface area contributed by atoms with Crippen LogP contribution in [0.2, 0.25) is 5.15 Å². The number of nitrogens with zero attached hydrogens (tertiary/aromatic N) is 4. The maximum atomic E-state index is 12.6. The number of amides is 1. The molecule has 0 unspecified atom stereocenters. The van der Waals surface area contributed by atoms with Crippen LogP contribution in [-0.2, 0) is 11.8 Å². The van der Waals surface area contributed by atoms with Crippen LogP contribution < -0.4 is 0 Å². The number of aliphatic imine (C=N–C) groups is 1. The van der Waals surface area contributed by atoms with Crippen LogP contribution in [0.3, 0.4) is 0 Å². The van der Waals surface area contributed by atoms with Crippen molar-refractivity contribution in [3.05, 3.63) is 52.4 Å². The molecule has 0 saturated carbocycles. The summed E-state index contributed by atoms with van der Waals surface area (Å²) in [5.41, 5.74) is 1.53. The number of hydrogen-bond acceptors (Lipinski definition) is 4. The summed E-state index contributed by atoms with van der Waals surface area (Å²) in [5, 5.41) is 0.942. The van der Waals surface area contributed by atoms with E-state index in [-0.39, 0.29) is 5.91 Å². The summed E-state index contributed by atoms with van der Waals surface area (Å²) in [7, 11) is 1.94. The second-order valence-corrected chi connectivity index (χ2v) is 6.28.